The molecule has 5 rings (SSSR count). The van der Waals surface area contributed by atoms with Crippen LogP contribution in [0.1, 0.15) is 39.9 Å². The lowest BCUT2D eigenvalue weighted by Crippen LogP contribution is -2.52. The number of likely N-dealkylation sites (tertiary alicyclic amines) is 1. The van der Waals surface area contributed by atoms with Gasteiger partial charge < -0.3 is 25.2 Å². The third kappa shape index (κ3) is 4.65. The molecule has 3 heterocycles. The Morgan fingerprint density at radius 2 is 1.92 bits per heavy atom. The number of ether oxygens (including phenoxy) is 1. The summed E-state index contributed by atoms with van der Waals surface area (Å²) >= 11 is 0. The summed E-state index contributed by atoms with van der Waals surface area (Å²) < 4.78 is 5.33. The molecule has 4 atom stereocenters. The standard InChI is InChI=1S/C28H32N4O5/c1-16-8-9-17(2)20(12-16)27(35)31-11-10-21-25(31)28(36)32-15-19(14-22(32)26(34)30-21)29-24(33)13-18-6-4-5-7-23(18)37-3/h4-9,12,19,21-22,25H,10-11,13-15H2,1-3H3,(H,29,33)(H,30,34). The molecule has 0 bridgehead atoms. The Bertz CT molecular complexity index is 1260. The summed E-state index contributed by atoms with van der Waals surface area (Å²) in [6.07, 6.45) is 0.992. The van der Waals surface area contributed by atoms with Crippen molar-refractivity contribution in [2.45, 2.75) is 57.3 Å². The highest BCUT2D eigenvalue weighted by Crippen LogP contribution is 2.30. The van der Waals surface area contributed by atoms with E-state index in [9.17, 15) is 19.2 Å². The number of aryl methyl sites for hydroxylation is 2. The van der Waals surface area contributed by atoms with Gasteiger partial charge in [-0.1, -0.05) is 35.9 Å². The largest absolute Gasteiger partial charge is 0.496 e. The van der Waals surface area contributed by atoms with Crippen LogP contribution >= 0.6 is 0 Å². The Balaban J connectivity index is 1.31. The normalized spacial score (nSPS) is 24.7. The number of methoxy groups -OCH3 is 1. The van der Waals surface area contributed by atoms with Crippen LogP contribution in [0.5, 0.6) is 5.75 Å². The first-order chi connectivity index (χ1) is 17.8. The molecule has 4 amide bonds. The molecule has 3 fully saturated rings. The molecule has 9 heteroatoms. The number of fused-ring (bicyclic) bond motifs is 2. The van der Waals surface area contributed by atoms with Gasteiger partial charge in [-0.3, -0.25) is 19.2 Å². The molecule has 0 saturated carbocycles. The third-order valence-corrected chi connectivity index (χ3v) is 7.66. The molecule has 3 saturated heterocycles. The molecular formula is C28H32N4O5. The highest BCUT2D eigenvalue weighted by Gasteiger charge is 2.52. The predicted octanol–water partition coefficient (Wildman–Crippen LogP) is 1.35. The van der Waals surface area contributed by atoms with Gasteiger partial charge in [-0.05, 0) is 44.4 Å². The molecule has 2 N–H and O–H groups in total. The maximum atomic E-state index is 13.8. The topological polar surface area (TPSA) is 108 Å². The molecule has 3 aliphatic heterocycles. The van der Waals surface area contributed by atoms with Gasteiger partial charge in [-0.2, -0.15) is 0 Å². The lowest BCUT2D eigenvalue weighted by molar-refractivity contribution is -0.138. The average Bonchev–Trinajstić information content (AvgIpc) is 3.47. The van der Waals surface area contributed by atoms with Gasteiger partial charge in [-0.25, -0.2) is 0 Å². The molecular weight excluding hydrogens is 472 g/mol. The van der Waals surface area contributed by atoms with Crippen LogP contribution < -0.4 is 15.4 Å². The van der Waals surface area contributed by atoms with Crippen molar-refractivity contribution in [2.24, 2.45) is 0 Å². The minimum Gasteiger partial charge on any atom is -0.496 e. The zero-order valence-electron chi connectivity index (χ0n) is 21.3. The number of benzene rings is 2. The van der Waals surface area contributed by atoms with Gasteiger partial charge >= 0.3 is 0 Å². The van der Waals surface area contributed by atoms with E-state index in [2.05, 4.69) is 10.6 Å². The molecule has 0 spiro atoms. The summed E-state index contributed by atoms with van der Waals surface area (Å²) in [5, 5.41) is 5.99. The zero-order chi connectivity index (χ0) is 26.3. The van der Waals surface area contributed by atoms with Crippen molar-refractivity contribution < 1.29 is 23.9 Å². The number of carbonyl (C=O) groups is 4. The Hall–Kier alpha value is -3.88. The van der Waals surface area contributed by atoms with Crippen LogP contribution in [0.3, 0.4) is 0 Å². The molecule has 4 unspecified atom stereocenters. The number of nitrogens with zero attached hydrogens (tertiary/aromatic N) is 2. The first kappa shape index (κ1) is 24.8. The lowest BCUT2D eigenvalue weighted by Gasteiger charge is -2.29. The van der Waals surface area contributed by atoms with E-state index in [0.29, 0.717) is 30.7 Å². The van der Waals surface area contributed by atoms with E-state index in [0.717, 1.165) is 16.7 Å². The van der Waals surface area contributed by atoms with Gasteiger partial charge in [0, 0.05) is 30.3 Å². The fraction of sp³-hybridized carbons (Fsp3) is 0.429. The second kappa shape index (κ2) is 9.88. The van der Waals surface area contributed by atoms with Crippen LogP contribution in [-0.4, -0.2) is 77.8 Å². The molecule has 0 aliphatic carbocycles. The molecule has 2 aromatic rings. The van der Waals surface area contributed by atoms with E-state index in [1.165, 1.54) is 0 Å². The van der Waals surface area contributed by atoms with Crippen LogP contribution in [0.4, 0.5) is 0 Å². The second-order valence-corrected chi connectivity index (χ2v) is 10.2. The number of rotatable bonds is 5. The zero-order valence-corrected chi connectivity index (χ0v) is 21.3. The van der Waals surface area contributed by atoms with Crippen LogP contribution in [0, 0.1) is 13.8 Å². The molecule has 0 radical (unpaired) electrons. The maximum absolute atomic E-state index is 13.8. The Morgan fingerprint density at radius 3 is 2.70 bits per heavy atom. The van der Waals surface area contributed by atoms with Crippen molar-refractivity contribution in [1.29, 1.82) is 0 Å². The molecule has 194 valence electrons. The molecule has 37 heavy (non-hydrogen) atoms. The number of nitrogens with one attached hydrogen (secondary N) is 2. The van der Waals surface area contributed by atoms with Crippen molar-refractivity contribution in [3.05, 3.63) is 64.7 Å². The van der Waals surface area contributed by atoms with Gasteiger partial charge in [0.15, 0.2) is 0 Å². The van der Waals surface area contributed by atoms with E-state index >= 15 is 0 Å². The number of para-hydroxylation sites is 1. The van der Waals surface area contributed by atoms with Crippen molar-refractivity contribution >= 4 is 23.6 Å². The number of hydrogen-bond acceptors (Lipinski definition) is 5. The lowest BCUT2D eigenvalue weighted by atomic mass is 10.0. The quantitative estimate of drug-likeness (QED) is 0.639. The summed E-state index contributed by atoms with van der Waals surface area (Å²) in [4.78, 5) is 56.3. The molecule has 2 aromatic carbocycles. The second-order valence-electron chi connectivity index (χ2n) is 10.2. The third-order valence-electron chi connectivity index (χ3n) is 7.66. The first-order valence-electron chi connectivity index (χ1n) is 12.7. The number of hydrogen-bond donors (Lipinski definition) is 2. The summed E-state index contributed by atoms with van der Waals surface area (Å²) in [6, 6.07) is 10.8. The Morgan fingerprint density at radius 1 is 1.14 bits per heavy atom. The van der Waals surface area contributed by atoms with Crippen molar-refractivity contribution in [3.63, 3.8) is 0 Å². The molecule has 3 aliphatic rings. The monoisotopic (exact) mass is 504 g/mol. The van der Waals surface area contributed by atoms with Gasteiger partial charge in [0.2, 0.25) is 17.7 Å². The number of amides is 4. The van der Waals surface area contributed by atoms with Crippen LogP contribution in [-0.2, 0) is 20.8 Å². The van der Waals surface area contributed by atoms with Gasteiger partial charge in [-0.15, -0.1) is 0 Å². The summed E-state index contributed by atoms with van der Waals surface area (Å²) in [5.41, 5.74) is 3.15. The average molecular weight is 505 g/mol. The SMILES string of the molecule is COc1ccccc1CC(=O)NC1CC2C(=O)NC3CCN(C(=O)c4cc(C)ccc4C)C3C(=O)N2C1. The summed E-state index contributed by atoms with van der Waals surface area (Å²) in [5.74, 6) is -0.246. The number of carbonyl (C=O) groups excluding carboxylic acids is 4. The van der Waals surface area contributed by atoms with E-state index in [1.807, 2.05) is 50.2 Å². The van der Waals surface area contributed by atoms with Gasteiger partial charge in [0.1, 0.15) is 17.8 Å². The highest BCUT2D eigenvalue weighted by molar-refractivity contribution is 6.01. The minimum atomic E-state index is -0.760. The van der Waals surface area contributed by atoms with Crippen LogP contribution in [0.2, 0.25) is 0 Å². The summed E-state index contributed by atoms with van der Waals surface area (Å²) in [6.45, 7) is 4.43. The Kier molecular flexibility index (Phi) is 6.62. The van der Waals surface area contributed by atoms with Crippen molar-refractivity contribution in [3.8, 4) is 5.75 Å². The highest BCUT2D eigenvalue weighted by atomic mass is 16.5. The molecule has 9 nitrogen and oxygen atoms in total. The van der Waals surface area contributed by atoms with E-state index in [-0.39, 0.29) is 42.6 Å². The first-order valence-corrected chi connectivity index (χ1v) is 12.7. The fourth-order valence-electron chi connectivity index (χ4n) is 5.78. The van der Waals surface area contributed by atoms with E-state index in [4.69, 9.17) is 4.74 Å². The smallest absolute Gasteiger partial charge is 0.254 e. The maximum Gasteiger partial charge on any atom is 0.254 e. The Labute approximate surface area is 216 Å². The van der Waals surface area contributed by atoms with Crippen molar-refractivity contribution in [1.82, 2.24) is 20.4 Å². The van der Waals surface area contributed by atoms with E-state index < -0.39 is 18.1 Å². The summed E-state index contributed by atoms with van der Waals surface area (Å²) in [7, 11) is 1.56. The van der Waals surface area contributed by atoms with Crippen LogP contribution in [0.15, 0.2) is 42.5 Å². The van der Waals surface area contributed by atoms with Gasteiger partial charge in [0.25, 0.3) is 5.91 Å². The fourth-order valence-corrected chi connectivity index (χ4v) is 5.78. The van der Waals surface area contributed by atoms with Crippen molar-refractivity contribution in [2.75, 3.05) is 20.2 Å². The van der Waals surface area contributed by atoms with Gasteiger partial charge in [0.05, 0.1) is 19.6 Å². The van der Waals surface area contributed by atoms with Crippen LogP contribution in [0.25, 0.3) is 0 Å². The molecule has 0 aromatic heterocycles. The predicted molar refractivity (Wildman–Crippen MR) is 136 cm³/mol. The van der Waals surface area contributed by atoms with E-state index in [1.54, 1.807) is 23.0 Å². The minimum absolute atomic E-state index is 0.133.